The smallest absolute Gasteiger partial charge is 0.223 e. The Morgan fingerprint density at radius 1 is 1.53 bits per heavy atom. The number of nitrogens with two attached hydrogens (primary N) is 1. The van der Waals surface area contributed by atoms with Gasteiger partial charge in [-0.3, -0.25) is 9.59 Å². The Bertz CT molecular complexity index is 649. The van der Waals surface area contributed by atoms with Gasteiger partial charge in [-0.15, -0.1) is 0 Å². The lowest BCUT2D eigenvalue weighted by molar-refractivity contribution is -0.128. The van der Waals surface area contributed by atoms with Gasteiger partial charge in [0.2, 0.25) is 11.8 Å². The summed E-state index contributed by atoms with van der Waals surface area (Å²) in [6, 6.07) is 3.82. The summed E-state index contributed by atoms with van der Waals surface area (Å²) in [6.45, 7) is 0.891. The van der Waals surface area contributed by atoms with Crippen molar-refractivity contribution >= 4 is 22.8 Å². The molecular weight excluding hydrogens is 244 g/mol. The van der Waals surface area contributed by atoms with Gasteiger partial charge in [0.1, 0.15) is 5.65 Å². The Hall–Kier alpha value is -2.37. The van der Waals surface area contributed by atoms with Crippen LogP contribution in [0.15, 0.2) is 24.5 Å². The molecule has 1 aliphatic heterocycles. The maximum Gasteiger partial charge on any atom is 0.223 e. The summed E-state index contributed by atoms with van der Waals surface area (Å²) in [5.41, 5.74) is 7.08. The molecule has 3 rings (SSSR count). The van der Waals surface area contributed by atoms with E-state index in [1.54, 1.807) is 11.1 Å². The first-order valence-corrected chi connectivity index (χ1v) is 6.13. The Morgan fingerprint density at radius 3 is 3.11 bits per heavy atom. The minimum Gasteiger partial charge on any atom is -0.369 e. The van der Waals surface area contributed by atoms with Gasteiger partial charge in [-0.25, -0.2) is 4.98 Å². The average Bonchev–Trinajstić information content (AvgIpc) is 2.97. The lowest BCUT2D eigenvalue weighted by Gasteiger charge is -2.16. The first kappa shape index (κ1) is 11.7. The number of pyridine rings is 1. The normalized spacial score (nSPS) is 19.3. The summed E-state index contributed by atoms with van der Waals surface area (Å²) in [4.78, 5) is 31.9. The number of nitrogens with one attached hydrogen (secondary N) is 1. The summed E-state index contributed by atoms with van der Waals surface area (Å²) in [5, 5.41) is 0.998. The quantitative estimate of drug-likeness (QED) is 0.834. The van der Waals surface area contributed by atoms with Crippen LogP contribution in [0.1, 0.15) is 12.0 Å². The molecule has 3 N–H and O–H groups in total. The molecular formula is C13H14N4O2. The molecule has 1 unspecified atom stereocenters. The van der Waals surface area contributed by atoms with Crippen molar-refractivity contribution in [3.05, 3.63) is 30.1 Å². The van der Waals surface area contributed by atoms with E-state index < -0.39 is 5.91 Å². The molecule has 0 aromatic carbocycles. The lowest BCUT2D eigenvalue weighted by Crippen LogP contribution is -2.28. The predicted molar refractivity (Wildman–Crippen MR) is 68.8 cm³/mol. The molecule has 1 atom stereocenters. The third-order valence-corrected chi connectivity index (χ3v) is 3.53. The first-order valence-electron chi connectivity index (χ1n) is 6.13. The van der Waals surface area contributed by atoms with Gasteiger partial charge in [-0.1, -0.05) is 0 Å². The molecule has 1 aliphatic rings. The number of hydrogen-bond donors (Lipinski definition) is 2. The number of fused-ring (bicyclic) bond motifs is 1. The number of aromatic amines is 1. The van der Waals surface area contributed by atoms with Crippen LogP contribution in [0.2, 0.25) is 0 Å². The van der Waals surface area contributed by atoms with Crippen LogP contribution in [0.25, 0.3) is 11.0 Å². The third kappa shape index (κ3) is 2.05. The molecule has 98 valence electrons. The van der Waals surface area contributed by atoms with E-state index in [0.29, 0.717) is 13.1 Å². The molecule has 3 heterocycles. The molecule has 6 nitrogen and oxygen atoms in total. The van der Waals surface area contributed by atoms with Crippen molar-refractivity contribution in [1.29, 1.82) is 0 Å². The number of aromatic nitrogens is 2. The summed E-state index contributed by atoms with van der Waals surface area (Å²) in [7, 11) is 0. The van der Waals surface area contributed by atoms with E-state index in [-0.39, 0.29) is 18.2 Å². The fourth-order valence-corrected chi connectivity index (χ4v) is 2.48. The number of likely N-dealkylation sites (tertiary alicyclic amines) is 1. The number of primary amides is 1. The zero-order chi connectivity index (χ0) is 13.4. The Kier molecular flexibility index (Phi) is 2.70. The van der Waals surface area contributed by atoms with Gasteiger partial charge in [-0.05, 0) is 17.7 Å². The number of rotatable bonds is 3. The molecule has 1 saturated heterocycles. The first-order chi connectivity index (χ1) is 9.15. The van der Waals surface area contributed by atoms with Gasteiger partial charge in [0.15, 0.2) is 0 Å². The minimum absolute atomic E-state index is 0.0238. The molecule has 0 spiro atoms. The van der Waals surface area contributed by atoms with Crippen LogP contribution in [-0.4, -0.2) is 33.2 Å². The Balaban J connectivity index is 1.84. The van der Waals surface area contributed by atoms with Gasteiger partial charge in [-0.2, -0.15) is 0 Å². The van der Waals surface area contributed by atoms with Crippen molar-refractivity contribution in [1.82, 2.24) is 14.9 Å². The highest BCUT2D eigenvalue weighted by Gasteiger charge is 2.33. The monoisotopic (exact) mass is 258 g/mol. The standard InChI is InChI=1S/C13H14N4O2/c14-12(19)9-5-11(18)17(7-9)6-8-1-3-15-13-10(8)2-4-16-13/h1-4,9H,5-7H2,(H2,14,19)(H,15,16). The van der Waals surface area contributed by atoms with Gasteiger partial charge in [0.05, 0.1) is 5.92 Å². The molecule has 2 amide bonds. The summed E-state index contributed by atoms with van der Waals surface area (Å²) in [5.74, 6) is -0.794. The van der Waals surface area contributed by atoms with Gasteiger partial charge in [0, 0.05) is 37.3 Å². The molecule has 19 heavy (non-hydrogen) atoms. The topological polar surface area (TPSA) is 92.1 Å². The minimum atomic E-state index is -0.405. The fraction of sp³-hybridized carbons (Fsp3) is 0.308. The van der Waals surface area contributed by atoms with Crippen LogP contribution in [0.3, 0.4) is 0 Å². The van der Waals surface area contributed by atoms with Crippen LogP contribution < -0.4 is 5.73 Å². The molecule has 0 bridgehead atoms. The fourth-order valence-electron chi connectivity index (χ4n) is 2.48. The van der Waals surface area contributed by atoms with E-state index in [0.717, 1.165) is 16.6 Å². The van der Waals surface area contributed by atoms with E-state index in [1.807, 2.05) is 18.3 Å². The molecule has 0 radical (unpaired) electrons. The molecule has 2 aromatic rings. The molecule has 0 aliphatic carbocycles. The number of H-pyrrole nitrogens is 1. The Labute approximate surface area is 109 Å². The van der Waals surface area contributed by atoms with Crippen molar-refractivity contribution in [2.75, 3.05) is 6.54 Å². The van der Waals surface area contributed by atoms with Crippen LogP contribution in [0.5, 0.6) is 0 Å². The van der Waals surface area contributed by atoms with E-state index in [2.05, 4.69) is 9.97 Å². The summed E-state index contributed by atoms with van der Waals surface area (Å²) in [6.07, 6.45) is 3.75. The summed E-state index contributed by atoms with van der Waals surface area (Å²) < 4.78 is 0. The third-order valence-electron chi connectivity index (χ3n) is 3.53. The molecule has 6 heteroatoms. The highest BCUT2D eigenvalue weighted by atomic mass is 16.2. The van der Waals surface area contributed by atoms with Crippen molar-refractivity contribution in [2.24, 2.45) is 11.7 Å². The second-order valence-electron chi connectivity index (χ2n) is 4.79. The van der Waals surface area contributed by atoms with E-state index >= 15 is 0 Å². The van der Waals surface area contributed by atoms with Crippen molar-refractivity contribution in [3.63, 3.8) is 0 Å². The average molecular weight is 258 g/mol. The number of carbonyl (C=O) groups is 2. The Morgan fingerprint density at radius 2 is 2.37 bits per heavy atom. The van der Waals surface area contributed by atoms with Crippen molar-refractivity contribution in [3.8, 4) is 0 Å². The largest absolute Gasteiger partial charge is 0.369 e. The number of carbonyl (C=O) groups excluding carboxylic acids is 2. The number of amides is 2. The van der Waals surface area contributed by atoms with Crippen LogP contribution in [-0.2, 0) is 16.1 Å². The predicted octanol–water partition coefficient (Wildman–Crippen LogP) is 0.397. The van der Waals surface area contributed by atoms with E-state index in [1.165, 1.54) is 0 Å². The second-order valence-corrected chi connectivity index (χ2v) is 4.79. The van der Waals surface area contributed by atoms with Crippen molar-refractivity contribution < 1.29 is 9.59 Å². The van der Waals surface area contributed by atoms with E-state index in [4.69, 9.17) is 5.73 Å². The number of nitrogens with zero attached hydrogens (tertiary/aromatic N) is 2. The SMILES string of the molecule is NC(=O)C1CC(=O)N(Cc2ccnc3[nH]ccc23)C1. The van der Waals surface area contributed by atoms with Gasteiger partial charge < -0.3 is 15.6 Å². The lowest BCUT2D eigenvalue weighted by atomic mass is 10.1. The zero-order valence-electron chi connectivity index (χ0n) is 10.3. The number of hydrogen-bond acceptors (Lipinski definition) is 3. The van der Waals surface area contributed by atoms with Crippen LogP contribution in [0.4, 0.5) is 0 Å². The van der Waals surface area contributed by atoms with Crippen molar-refractivity contribution in [2.45, 2.75) is 13.0 Å². The molecule has 1 fully saturated rings. The maximum atomic E-state index is 11.9. The highest BCUT2D eigenvalue weighted by Crippen LogP contribution is 2.22. The second kappa shape index (κ2) is 4.38. The van der Waals surface area contributed by atoms with Gasteiger partial charge >= 0.3 is 0 Å². The van der Waals surface area contributed by atoms with Crippen LogP contribution >= 0.6 is 0 Å². The van der Waals surface area contributed by atoms with E-state index in [9.17, 15) is 9.59 Å². The highest BCUT2D eigenvalue weighted by molar-refractivity contribution is 5.88. The zero-order valence-corrected chi connectivity index (χ0v) is 10.3. The molecule has 2 aromatic heterocycles. The molecule has 0 saturated carbocycles. The van der Waals surface area contributed by atoms with Crippen LogP contribution in [0, 0.1) is 5.92 Å². The maximum absolute atomic E-state index is 11.9. The van der Waals surface area contributed by atoms with Gasteiger partial charge in [0.25, 0.3) is 0 Å². The summed E-state index contributed by atoms with van der Waals surface area (Å²) >= 11 is 0.